The van der Waals surface area contributed by atoms with Crippen LogP contribution in [-0.2, 0) is 0 Å². The molecule has 0 aliphatic heterocycles. The third kappa shape index (κ3) is 31.3. The molecular weight excluding hydrogens is 458 g/mol. The number of hydrogen-bond acceptors (Lipinski definition) is 3. The van der Waals surface area contributed by atoms with Crippen LogP contribution in [0.25, 0.3) is 0 Å². The molecule has 0 saturated heterocycles. The van der Waals surface area contributed by atoms with Crippen LogP contribution in [0, 0.1) is 0 Å². The van der Waals surface area contributed by atoms with Gasteiger partial charge in [0.2, 0.25) is 0 Å². The van der Waals surface area contributed by atoms with E-state index in [1.165, 1.54) is 185 Å². The summed E-state index contributed by atoms with van der Waals surface area (Å²) in [5, 5.41) is 16.7. The summed E-state index contributed by atoms with van der Waals surface area (Å²) in [4.78, 5) is 8.33. The Bertz CT molecular complexity index is 374. The van der Waals surface area contributed by atoms with E-state index in [-0.39, 0.29) is 1.43 Å². The summed E-state index contributed by atoms with van der Waals surface area (Å²) in [6, 6.07) is 0. The quantitative estimate of drug-likeness (QED) is 0.0753. The number of carbonyl (C=O) groups is 1. The van der Waals surface area contributed by atoms with Gasteiger partial charge in [-0.2, -0.15) is 0 Å². The van der Waals surface area contributed by atoms with Gasteiger partial charge in [0.25, 0.3) is 0 Å². The lowest BCUT2D eigenvalue weighted by molar-refractivity contribution is -0.929. The third-order valence-electron chi connectivity index (χ3n) is 7.94. The van der Waals surface area contributed by atoms with Crippen molar-refractivity contribution in [2.24, 2.45) is 0 Å². The molecule has 0 aliphatic carbocycles. The Kier molecular flexibility index (Phi) is 32.6. The van der Waals surface area contributed by atoms with E-state index < -0.39 is 6.16 Å². The Morgan fingerprint density at radius 3 is 0.757 bits per heavy atom. The number of rotatable bonds is 28. The van der Waals surface area contributed by atoms with Crippen molar-refractivity contribution in [1.82, 2.24) is 0 Å². The maximum absolute atomic E-state index is 8.33. The number of carboxylic acid groups (broad SMARTS) is 2. The van der Waals surface area contributed by atoms with E-state index in [9.17, 15) is 0 Å². The summed E-state index contributed by atoms with van der Waals surface area (Å²) in [5.41, 5.74) is 0. The largest absolute Gasteiger partial charge is 1.00 e. The van der Waals surface area contributed by atoms with E-state index >= 15 is 0 Å². The van der Waals surface area contributed by atoms with Gasteiger partial charge in [0.05, 0.1) is 26.2 Å². The van der Waals surface area contributed by atoms with E-state index in [0.29, 0.717) is 0 Å². The van der Waals surface area contributed by atoms with Crippen molar-refractivity contribution in [3.63, 3.8) is 0 Å². The van der Waals surface area contributed by atoms with Crippen LogP contribution in [-0.4, -0.2) is 36.8 Å². The molecule has 0 bridgehead atoms. The van der Waals surface area contributed by atoms with Crippen molar-refractivity contribution in [3.05, 3.63) is 0 Å². The average Bonchev–Trinajstić information content (AvgIpc) is 2.87. The van der Waals surface area contributed by atoms with E-state index in [1.807, 2.05) is 0 Å². The Balaban J connectivity index is -0.00000227. The number of quaternary nitrogens is 1. The second-order valence-electron chi connectivity index (χ2n) is 11.6. The van der Waals surface area contributed by atoms with Gasteiger partial charge in [-0.3, -0.25) is 0 Å². The van der Waals surface area contributed by atoms with Crippen LogP contribution in [0.2, 0.25) is 0 Å². The highest BCUT2D eigenvalue weighted by Gasteiger charge is 2.25. The van der Waals surface area contributed by atoms with Gasteiger partial charge in [-0.15, -0.1) is 0 Å². The Labute approximate surface area is 235 Å². The number of carbonyl (C=O) groups excluding carboxylic acids is 1. The number of unbranched alkanes of at least 4 members (excludes halogenated alkanes) is 20. The normalized spacial score (nSPS) is 11.4. The summed E-state index contributed by atoms with van der Waals surface area (Å²) in [7, 11) is 0. The number of nitrogens with zero attached hydrogens (tertiary/aromatic N) is 1. The first kappa shape index (κ1) is 38.4. The second-order valence-corrected chi connectivity index (χ2v) is 11.6. The summed E-state index contributed by atoms with van der Waals surface area (Å²) in [6.45, 7) is 15.3. The molecule has 0 saturated carbocycles. The molecule has 0 unspecified atom stereocenters. The van der Waals surface area contributed by atoms with Crippen LogP contribution >= 0.6 is 0 Å². The molecule has 0 aromatic heterocycles. The van der Waals surface area contributed by atoms with Crippen LogP contribution in [0.3, 0.4) is 0 Å². The zero-order chi connectivity index (χ0) is 27.9. The average molecular weight is 528 g/mol. The van der Waals surface area contributed by atoms with Crippen molar-refractivity contribution in [2.75, 3.05) is 26.2 Å². The molecular formula is C33H69NO3. The first-order valence-electron chi connectivity index (χ1n) is 16.7. The van der Waals surface area contributed by atoms with Crippen molar-refractivity contribution in [3.8, 4) is 0 Å². The third-order valence-corrected chi connectivity index (χ3v) is 7.94. The molecule has 0 spiro atoms. The lowest BCUT2D eigenvalue weighted by atomic mass is 10.0. The zero-order valence-corrected chi connectivity index (χ0v) is 26.0. The van der Waals surface area contributed by atoms with Crippen LogP contribution in [0.5, 0.6) is 0 Å². The minimum Gasteiger partial charge on any atom is -0.652 e. The lowest BCUT2D eigenvalue weighted by Gasteiger charge is -2.40. The fourth-order valence-electron chi connectivity index (χ4n) is 5.58. The molecule has 0 aromatic rings. The van der Waals surface area contributed by atoms with E-state index in [2.05, 4.69) is 27.7 Å². The summed E-state index contributed by atoms with van der Waals surface area (Å²) in [6.07, 6.45) is 32.4. The van der Waals surface area contributed by atoms with Crippen molar-refractivity contribution < 1.29 is 20.9 Å². The molecule has 224 valence electrons. The number of hydrogen-bond donors (Lipinski definition) is 0. The highest BCUT2D eigenvalue weighted by atomic mass is 16.6. The second kappa shape index (κ2) is 31.4. The first-order chi connectivity index (χ1) is 18.0. The lowest BCUT2D eigenvalue weighted by Crippen LogP contribution is -2.50. The molecule has 4 nitrogen and oxygen atoms in total. The molecule has 0 N–H and O–H groups in total. The van der Waals surface area contributed by atoms with Gasteiger partial charge in [-0.25, -0.2) is 0 Å². The van der Waals surface area contributed by atoms with Crippen molar-refractivity contribution in [1.29, 1.82) is 0 Å². The fourth-order valence-corrected chi connectivity index (χ4v) is 5.58. The Morgan fingerprint density at radius 1 is 0.405 bits per heavy atom. The van der Waals surface area contributed by atoms with Gasteiger partial charge >= 0.3 is 1.43 Å². The summed E-state index contributed by atoms with van der Waals surface area (Å²) >= 11 is 0. The smallest absolute Gasteiger partial charge is 0.652 e. The maximum Gasteiger partial charge on any atom is 1.00 e. The minimum absolute atomic E-state index is 0. The molecule has 0 aromatic carbocycles. The molecule has 37 heavy (non-hydrogen) atoms. The summed E-state index contributed by atoms with van der Waals surface area (Å²) in [5.74, 6) is 0. The molecule has 0 aliphatic rings. The van der Waals surface area contributed by atoms with Crippen molar-refractivity contribution >= 4 is 6.16 Å². The van der Waals surface area contributed by atoms with Gasteiger partial charge in [0.1, 0.15) is 0 Å². The monoisotopic (exact) mass is 528 g/mol. The summed E-state index contributed by atoms with van der Waals surface area (Å²) < 4.78 is 1.48. The highest BCUT2D eigenvalue weighted by Crippen LogP contribution is 2.20. The van der Waals surface area contributed by atoms with Crippen LogP contribution in [0.4, 0.5) is 4.79 Å². The molecule has 0 fully saturated rings. The van der Waals surface area contributed by atoms with E-state index in [1.54, 1.807) is 0 Å². The van der Waals surface area contributed by atoms with Gasteiger partial charge in [0, 0.05) is 0 Å². The van der Waals surface area contributed by atoms with Crippen molar-refractivity contribution in [2.45, 2.75) is 182 Å². The molecule has 0 rings (SSSR count). The Morgan fingerprint density at radius 2 is 0.568 bits per heavy atom. The maximum atomic E-state index is 8.33. The Hall–Kier alpha value is -0.770. The SMILES string of the molecule is CCCCCCCC[N+](CCCCCCCC)(CCCCCCCC)CCCCCCCC.O=C([O-])[O-].[H+]. The molecule has 0 atom stereocenters. The van der Waals surface area contributed by atoms with E-state index in [0.717, 1.165) is 0 Å². The predicted octanol–water partition coefficient (Wildman–Crippen LogP) is 8.91. The predicted molar refractivity (Wildman–Crippen MR) is 160 cm³/mol. The molecule has 0 amide bonds. The van der Waals surface area contributed by atoms with Crippen LogP contribution in [0.1, 0.15) is 183 Å². The van der Waals surface area contributed by atoms with Gasteiger partial charge < -0.3 is 19.5 Å². The van der Waals surface area contributed by atoms with Gasteiger partial charge in [-0.05, 0) is 57.5 Å². The molecule has 0 radical (unpaired) electrons. The van der Waals surface area contributed by atoms with Gasteiger partial charge in [-0.1, -0.05) is 130 Å². The fraction of sp³-hybridized carbons (Fsp3) is 0.970. The van der Waals surface area contributed by atoms with E-state index in [4.69, 9.17) is 15.0 Å². The van der Waals surface area contributed by atoms with Crippen LogP contribution in [0.15, 0.2) is 0 Å². The molecule has 0 heterocycles. The first-order valence-corrected chi connectivity index (χ1v) is 16.7. The highest BCUT2D eigenvalue weighted by molar-refractivity contribution is 5.47. The topological polar surface area (TPSA) is 63.2 Å². The van der Waals surface area contributed by atoms with Gasteiger partial charge in [0.15, 0.2) is 0 Å². The minimum atomic E-state index is -2.33. The van der Waals surface area contributed by atoms with Crippen LogP contribution < -0.4 is 10.2 Å². The zero-order valence-electron chi connectivity index (χ0n) is 27.0. The standard InChI is InChI=1S/C32H68N.CH2O3/c1-5-9-13-17-21-25-29-33(30-26-22-18-14-10-6-2,31-27-23-19-15-11-7-3)32-28-24-20-16-12-8-4;2-1(3)4/h5-32H2,1-4H3;(H2,2,3,4)/q+1;/p-1. The molecule has 4 heteroatoms.